The van der Waals surface area contributed by atoms with Crippen molar-refractivity contribution < 1.29 is 19.0 Å². The molecule has 1 atom stereocenters. The zero-order valence-electron chi connectivity index (χ0n) is 18.1. The van der Waals surface area contributed by atoms with Crippen molar-refractivity contribution in [2.24, 2.45) is 0 Å². The minimum absolute atomic E-state index is 0.205. The van der Waals surface area contributed by atoms with E-state index < -0.39 is 6.10 Å². The number of hydrogen-bond acceptors (Lipinski definition) is 5. The highest BCUT2D eigenvalue weighted by Crippen LogP contribution is 2.28. The van der Waals surface area contributed by atoms with E-state index in [1.165, 1.54) is 0 Å². The lowest BCUT2D eigenvalue weighted by atomic mass is 10.2. The Morgan fingerprint density at radius 1 is 1.10 bits per heavy atom. The second-order valence-electron chi connectivity index (χ2n) is 6.79. The molecule has 164 valence electrons. The Morgan fingerprint density at radius 3 is 2.43 bits per heavy atom. The van der Waals surface area contributed by atoms with Gasteiger partial charge in [-0.3, -0.25) is 4.79 Å². The average Bonchev–Trinajstić information content (AvgIpc) is 2.77. The van der Waals surface area contributed by atoms with Gasteiger partial charge in [0, 0.05) is 18.1 Å². The van der Waals surface area contributed by atoms with Crippen LogP contribution in [0, 0.1) is 0 Å². The van der Waals surface area contributed by atoms with Crippen LogP contribution in [0.1, 0.15) is 26.3 Å². The van der Waals surface area contributed by atoms with Crippen LogP contribution in [0.2, 0.25) is 5.02 Å². The number of halogens is 1. The van der Waals surface area contributed by atoms with Crippen molar-refractivity contribution in [2.75, 3.05) is 33.4 Å². The van der Waals surface area contributed by atoms with Gasteiger partial charge >= 0.3 is 0 Å². The summed E-state index contributed by atoms with van der Waals surface area (Å²) in [4.78, 5) is 14.6. The van der Waals surface area contributed by atoms with Gasteiger partial charge in [0.2, 0.25) is 0 Å². The summed E-state index contributed by atoms with van der Waals surface area (Å²) in [5.41, 5.74) is 0.912. The quantitative estimate of drug-likeness (QED) is 0.543. The number of nitrogens with one attached hydrogen (secondary N) is 1. The molecule has 0 saturated heterocycles. The Labute approximate surface area is 184 Å². The van der Waals surface area contributed by atoms with E-state index in [4.69, 9.17) is 25.8 Å². The Hall–Kier alpha value is -2.44. The standard InChI is InChI=1S/C23H31ClN2O4/c1-5-26(6-2)13-14-29-21-12-7-18(15-22(21)28-4)16-25-23(27)17(3)30-20-10-8-19(24)9-11-20/h7-12,15,17H,5-6,13-14,16H2,1-4H3,(H,25,27). The van der Waals surface area contributed by atoms with E-state index in [1.54, 1.807) is 38.3 Å². The smallest absolute Gasteiger partial charge is 0.261 e. The van der Waals surface area contributed by atoms with Gasteiger partial charge in [-0.1, -0.05) is 31.5 Å². The Bertz CT molecular complexity index is 794. The fourth-order valence-corrected chi connectivity index (χ4v) is 3.00. The molecule has 0 aliphatic heterocycles. The van der Waals surface area contributed by atoms with Crippen molar-refractivity contribution in [3.05, 3.63) is 53.1 Å². The van der Waals surface area contributed by atoms with E-state index in [-0.39, 0.29) is 5.91 Å². The van der Waals surface area contributed by atoms with Crippen LogP contribution in [0.4, 0.5) is 0 Å². The molecule has 0 radical (unpaired) electrons. The molecule has 0 spiro atoms. The van der Waals surface area contributed by atoms with Crippen molar-refractivity contribution >= 4 is 17.5 Å². The molecule has 0 aromatic heterocycles. The van der Waals surface area contributed by atoms with Crippen LogP contribution in [0.3, 0.4) is 0 Å². The predicted octanol–water partition coefficient (Wildman–Crippen LogP) is 4.15. The first-order valence-electron chi connectivity index (χ1n) is 10.2. The molecule has 0 fully saturated rings. The maximum atomic E-state index is 12.3. The minimum Gasteiger partial charge on any atom is -0.493 e. The van der Waals surface area contributed by atoms with Crippen LogP contribution >= 0.6 is 11.6 Å². The van der Waals surface area contributed by atoms with E-state index in [0.717, 1.165) is 25.2 Å². The van der Waals surface area contributed by atoms with Gasteiger partial charge in [-0.05, 0) is 62.0 Å². The number of hydrogen-bond donors (Lipinski definition) is 1. The molecule has 2 rings (SSSR count). The molecule has 30 heavy (non-hydrogen) atoms. The zero-order valence-corrected chi connectivity index (χ0v) is 18.9. The number of benzene rings is 2. The van der Waals surface area contributed by atoms with Crippen molar-refractivity contribution in [3.8, 4) is 17.2 Å². The second kappa shape index (κ2) is 12.3. The predicted molar refractivity (Wildman–Crippen MR) is 120 cm³/mol. The normalized spacial score (nSPS) is 11.8. The topological polar surface area (TPSA) is 60.0 Å². The third-order valence-electron chi connectivity index (χ3n) is 4.75. The molecule has 1 amide bonds. The first-order chi connectivity index (χ1) is 14.5. The molecule has 0 aliphatic rings. The summed E-state index contributed by atoms with van der Waals surface area (Å²) < 4.78 is 17.0. The SMILES string of the molecule is CCN(CC)CCOc1ccc(CNC(=O)C(C)Oc2ccc(Cl)cc2)cc1OC. The monoisotopic (exact) mass is 434 g/mol. The summed E-state index contributed by atoms with van der Waals surface area (Å²) in [6, 6.07) is 12.6. The van der Waals surface area contributed by atoms with E-state index in [0.29, 0.717) is 35.4 Å². The molecule has 2 aromatic rings. The molecular weight excluding hydrogens is 404 g/mol. The van der Waals surface area contributed by atoms with Gasteiger partial charge in [-0.2, -0.15) is 0 Å². The maximum Gasteiger partial charge on any atom is 0.261 e. The summed E-state index contributed by atoms with van der Waals surface area (Å²) in [5, 5.41) is 3.50. The van der Waals surface area contributed by atoms with Crippen LogP contribution in [0.25, 0.3) is 0 Å². The fourth-order valence-electron chi connectivity index (χ4n) is 2.87. The summed E-state index contributed by atoms with van der Waals surface area (Å²) >= 11 is 5.86. The summed E-state index contributed by atoms with van der Waals surface area (Å²) in [7, 11) is 1.61. The molecule has 0 bridgehead atoms. The van der Waals surface area contributed by atoms with Crippen LogP contribution in [-0.4, -0.2) is 50.3 Å². The lowest BCUT2D eigenvalue weighted by molar-refractivity contribution is -0.127. The molecule has 1 N–H and O–H groups in total. The number of methoxy groups -OCH3 is 1. The Balaban J connectivity index is 1.86. The van der Waals surface area contributed by atoms with Crippen LogP contribution in [0.15, 0.2) is 42.5 Å². The molecule has 0 heterocycles. The number of likely N-dealkylation sites (N-methyl/N-ethyl adjacent to an activating group) is 1. The van der Waals surface area contributed by atoms with Crippen LogP contribution < -0.4 is 19.5 Å². The summed E-state index contributed by atoms with van der Waals surface area (Å²) in [5.74, 6) is 1.73. The van der Waals surface area contributed by atoms with Crippen molar-refractivity contribution in [1.82, 2.24) is 10.2 Å². The van der Waals surface area contributed by atoms with Gasteiger partial charge in [-0.15, -0.1) is 0 Å². The highest BCUT2D eigenvalue weighted by Gasteiger charge is 2.15. The van der Waals surface area contributed by atoms with Gasteiger partial charge in [0.05, 0.1) is 7.11 Å². The van der Waals surface area contributed by atoms with Crippen LogP contribution in [0.5, 0.6) is 17.2 Å². The van der Waals surface area contributed by atoms with Gasteiger partial charge < -0.3 is 24.4 Å². The lowest BCUT2D eigenvalue weighted by Gasteiger charge is -2.19. The highest BCUT2D eigenvalue weighted by atomic mass is 35.5. The van der Waals surface area contributed by atoms with Gasteiger partial charge in [0.15, 0.2) is 17.6 Å². The van der Waals surface area contributed by atoms with Crippen LogP contribution in [-0.2, 0) is 11.3 Å². The van der Waals surface area contributed by atoms with E-state index >= 15 is 0 Å². The van der Waals surface area contributed by atoms with E-state index in [9.17, 15) is 4.79 Å². The number of carbonyl (C=O) groups is 1. The molecule has 1 unspecified atom stereocenters. The van der Waals surface area contributed by atoms with Gasteiger partial charge in [0.25, 0.3) is 5.91 Å². The molecule has 0 aliphatic carbocycles. The number of ether oxygens (including phenoxy) is 3. The molecular formula is C23H31ClN2O4. The van der Waals surface area contributed by atoms with Gasteiger partial charge in [0.1, 0.15) is 12.4 Å². The third kappa shape index (κ3) is 7.43. The first-order valence-corrected chi connectivity index (χ1v) is 10.6. The van der Waals surface area contributed by atoms with E-state index in [2.05, 4.69) is 24.1 Å². The molecule has 2 aromatic carbocycles. The molecule has 6 nitrogen and oxygen atoms in total. The second-order valence-corrected chi connectivity index (χ2v) is 7.23. The molecule has 7 heteroatoms. The lowest BCUT2D eigenvalue weighted by Crippen LogP contribution is -2.35. The number of nitrogens with zero attached hydrogens (tertiary/aromatic N) is 1. The van der Waals surface area contributed by atoms with Crippen molar-refractivity contribution in [3.63, 3.8) is 0 Å². The van der Waals surface area contributed by atoms with E-state index in [1.807, 2.05) is 18.2 Å². The number of carbonyl (C=O) groups excluding carboxylic acids is 1. The number of rotatable bonds is 12. The first kappa shape index (κ1) is 23.8. The maximum absolute atomic E-state index is 12.3. The average molecular weight is 435 g/mol. The fraction of sp³-hybridized carbons (Fsp3) is 0.435. The Morgan fingerprint density at radius 2 is 1.80 bits per heavy atom. The third-order valence-corrected chi connectivity index (χ3v) is 5.00. The minimum atomic E-state index is -0.629. The van der Waals surface area contributed by atoms with Gasteiger partial charge in [-0.25, -0.2) is 0 Å². The van der Waals surface area contributed by atoms with Crippen molar-refractivity contribution in [2.45, 2.75) is 33.4 Å². The number of amides is 1. The van der Waals surface area contributed by atoms with Crippen molar-refractivity contribution in [1.29, 1.82) is 0 Å². The summed E-state index contributed by atoms with van der Waals surface area (Å²) in [6.45, 7) is 9.78. The summed E-state index contributed by atoms with van der Waals surface area (Å²) in [6.07, 6.45) is -0.629. The zero-order chi connectivity index (χ0) is 21.9. The Kier molecular flexibility index (Phi) is 9.77. The highest BCUT2D eigenvalue weighted by molar-refractivity contribution is 6.30. The molecule has 0 saturated carbocycles. The largest absolute Gasteiger partial charge is 0.493 e.